The molecule has 0 unspecified atom stereocenters. The Balaban J connectivity index is 1.37. The van der Waals surface area contributed by atoms with E-state index in [1.54, 1.807) is 48.5 Å². The Morgan fingerprint density at radius 2 is 1.03 bits per heavy atom. The van der Waals surface area contributed by atoms with Crippen molar-refractivity contribution in [3.05, 3.63) is 71.8 Å². The summed E-state index contributed by atoms with van der Waals surface area (Å²) in [5.74, 6) is -1.21. The highest BCUT2D eigenvalue weighted by molar-refractivity contribution is 6.00. The Bertz CT molecular complexity index is 1210. The molecule has 6 nitrogen and oxygen atoms in total. The van der Waals surface area contributed by atoms with Crippen LogP contribution in [-0.4, -0.2) is 25.5 Å². The second-order valence-corrected chi connectivity index (χ2v) is 7.10. The third-order valence-electron chi connectivity index (χ3n) is 5.02. The fraction of sp³-hybridized carbons (Fsp3) is 0.120. The SMILES string of the molecule is [O-]c1cccc2ccc(C=NCCCN=Cc3ccc4cccc([O-])c4c3[O-])c([O-])c12. The summed E-state index contributed by atoms with van der Waals surface area (Å²) in [5.41, 5.74) is 0.750. The first-order chi connectivity index (χ1) is 15.1. The summed E-state index contributed by atoms with van der Waals surface area (Å²) in [4.78, 5) is 8.50. The maximum atomic E-state index is 12.5. The molecule has 0 atom stereocenters. The van der Waals surface area contributed by atoms with Crippen LogP contribution in [0.15, 0.2) is 70.6 Å². The summed E-state index contributed by atoms with van der Waals surface area (Å²) in [6.45, 7) is 0.890. The van der Waals surface area contributed by atoms with Crippen LogP contribution in [-0.2, 0) is 0 Å². The van der Waals surface area contributed by atoms with Crippen molar-refractivity contribution < 1.29 is 20.4 Å². The van der Waals surface area contributed by atoms with Gasteiger partial charge in [0.15, 0.2) is 0 Å². The van der Waals surface area contributed by atoms with Gasteiger partial charge in [0.2, 0.25) is 0 Å². The van der Waals surface area contributed by atoms with Gasteiger partial charge in [-0.05, 0) is 39.1 Å². The molecule has 6 heteroatoms. The van der Waals surface area contributed by atoms with E-state index in [2.05, 4.69) is 9.98 Å². The first-order valence-electron chi connectivity index (χ1n) is 9.85. The fourth-order valence-corrected chi connectivity index (χ4v) is 3.44. The van der Waals surface area contributed by atoms with Crippen LogP contribution in [0.25, 0.3) is 21.5 Å². The fourth-order valence-electron chi connectivity index (χ4n) is 3.44. The summed E-state index contributed by atoms with van der Waals surface area (Å²) >= 11 is 0. The van der Waals surface area contributed by atoms with Gasteiger partial charge >= 0.3 is 0 Å². The second kappa shape index (κ2) is 8.75. The maximum Gasteiger partial charge on any atom is 0.0407 e. The van der Waals surface area contributed by atoms with E-state index in [0.29, 0.717) is 41.4 Å². The van der Waals surface area contributed by atoms with Gasteiger partial charge in [-0.25, -0.2) is 0 Å². The molecule has 0 radical (unpaired) electrons. The van der Waals surface area contributed by atoms with Gasteiger partial charge in [0.1, 0.15) is 0 Å². The minimum Gasteiger partial charge on any atom is -0.872 e. The Labute approximate surface area is 179 Å². The molecule has 0 bridgehead atoms. The number of benzene rings is 4. The lowest BCUT2D eigenvalue weighted by atomic mass is 10.0. The van der Waals surface area contributed by atoms with E-state index >= 15 is 0 Å². The molecule has 0 aliphatic carbocycles. The molecule has 0 aromatic heterocycles. The molecule has 0 aliphatic heterocycles. The molecule has 0 N–H and O–H groups in total. The molecule has 156 valence electrons. The molecule has 0 saturated carbocycles. The van der Waals surface area contributed by atoms with Crippen molar-refractivity contribution in [3.63, 3.8) is 0 Å². The van der Waals surface area contributed by atoms with Gasteiger partial charge in [-0.1, -0.05) is 72.2 Å². The van der Waals surface area contributed by atoms with Crippen LogP contribution in [0.2, 0.25) is 0 Å². The molecule has 31 heavy (non-hydrogen) atoms. The Kier molecular flexibility index (Phi) is 5.71. The molecular formula is C25H18N2O4-4. The van der Waals surface area contributed by atoms with Crippen LogP contribution in [0.5, 0.6) is 23.0 Å². The topological polar surface area (TPSA) is 117 Å². The van der Waals surface area contributed by atoms with Crippen LogP contribution in [0.4, 0.5) is 0 Å². The van der Waals surface area contributed by atoms with Crippen molar-refractivity contribution in [1.29, 1.82) is 0 Å². The van der Waals surface area contributed by atoms with E-state index in [0.717, 1.165) is 0 Å². The van der Waals surface area contributed by atoms with Crippen molar-refractivity contribution >= 4 is 34.0 Å². The van der Waals surface area contributed by atoms with E-state index in [1.807, 2.05) is 0 Å². The summed E-state index contributed by atoms with van der Waals surface area (Å²) in [5, 5.41) is 50.4. The van der Waals surface area contributed by atoms with Crippen LogP contribution >= 0.6 is 0 Å². The van der Waals surface area contributed by atoms with Crippen LogP contribution < -0.4 is 20.4 Å². The van der Waals surface area contributed by atoms with Gasteiger partial charge in [0.05, 0.1) is 0 Å². The van der Waals surface area contributed by atoms with Gasteiger partial charge in [0.25, 0.3) is 0 Å². The predicted molar refractivity (Wildman–Crippen MR) is 115 cm³/mol. The minimum absolute atomic E-state index is 0.182. The molecule has 0 saturated heterocycles. The molecule has 4 rings (SSSR count). The highest BCUT2D eigenvalue weighted by Gasteiger charge is 2.00. The van der Waals surface area contributed by atoms with Gasteiger partial charge in [-0.3, -0.25) is 9.98 Å². The van der Waals surface area contributed by atoms with Crippen molar-refractivity contribution in [1.82, 2.24) is 0 Å². The van der Waals surface area contributed by atoms with Gasteiger partial charge in [0, 0.05) is 25.5 Å². The highest BCUT2D eigenvalue weighted by atomic mass is 16.3. The quantitative estimate of drug-likeness (QED) is 0.358. The number of aliphatic imine (C=N–C) groups is 2. The largest absolute Gasteiger partial charge is 0.872 e. The van der Waals surface area contributed by atoms with E-state index < -0.39 is 0 Å². The molecule has 0 heterocycles. The van der Waals surface area contributed by atoms with E-state index in [4.69, 9.17) is 0 Å². The van der Waals surface area contributed by atoms with Crippen molar-refractivity contribution in [3.8, 4) is 23.0 Å². The lowest BCUT2D eigenvalue weighted by molar-refractivity contribution is -0.276. The second-order valence-electron chi connectivity index (χ2n) is 7.10. The smallest absolute Gasteiger partial charge is 0.0407 e. The third-order valence-corrected chi connectivity index (χ3v) is 5.02. The third kappa shape index (κ3) is 4.14. The lowest BCUT2D eigenvalue weighted by Crippen LogP contribution is -2.01. The zero-order valence-corrected chi connectivity index (χ0v) is 16.6. The lowest BCUT2D eigenvalue weighted by Gasteiger charge is -2.19. The normalized spacial score (nSPS) is 11.9. The average Bonchev–Trinajstić information content (AvgIpc) is 2.76. The number of hydrogen-bond acceptors (Lipinski definition) is 6. The first-order valence-corrected chi connectivity index (χ1v) is 9.85. The van der Waals surface area contributed by atoms with E-state index in [-0.39, 0.29) is 33.8 Å². The minimum atomic E-state index is -0.318. The standard InChI is InChI=1S/C25H22N2O4/c28-20-6-1-4-16-8-10-18(24(30)22(16)20)14-26-12-3-13-27-15-19-11-9-17-5-2-7-21(29)23(17)25(19)31/h1-2,4-11,14-15,28-31H,3,12-13H2/p-4. The van der Waals surface area contributed by atoms with Crippen molar-refractivity contribution in [2.75, 3.05) is 13.1 Å². The molecule has 0 amide bonds. The predicted octanol–water partition coefficient (Wildman–Crippen LogP) is 2.22. The summed E-state index contributed by atoms with van der Waals surface area (Å²) in [6.07, 6.45) is 3.58. The maximum absolute atomic E-state index is 12.5. The van der Waals surface area contributed by atoms with E-state index in [1.165, 1.54) is 24.6 Å². The van der Waals surface area contributed by atoms with Crippen molar-refractivity contribution in [2.45, 2.75) is 6.42 Å². The van der Waals surface area contributed by atoms with Crippen LogP contribution in [0.3, 0.4) is 0 Å². The zero-order chi connectivity index (χ0) is 21.8. The first kappa shape index (κ1) is 20.2. The summed E-state index contributed by atoms with van der Waals surface area (Å²) in [7, 11) is 0. The Morgan fingerprint density at radius 1 is 0.581 bits per heavy atom. The summed E-state index contributed by atoms with van der Waals surface area (Å²) < 4.78 is 0. The number of fused-ring (bicyclic) bond motifs is 2. The van der Waals surface area contributed by atoms with Crippen LogP contribution in [0.1, 0.15) is 17.5 Å². The molecule has 4 aromatic carbocycles. The van der Waals surface area contributed by atoms with Gasteiger partial charge in [-0.15, -0.1) is 11.5 Å². The molecule has 0 aliphatic rings. The van der Waals surface area contributed by atoms with Gasteiger partial charge in [-0.2, -0.15) is 0 Å². The highest BCUT2D eigenvalue weighted by Crippen LogP contribution is 2.32. The average molecular weight is 410 g/mol. The zero-order valence-electron chi connectivity index (χ0n) is 16.6. The number of nitrogens with zero attached hydrogens (tertiary/aromatic N) is 2. The Morgan fingerprint density at radius 3 is 1.48 bits per heavy atom. The molecule has 0 spiro atoms. The number of rotatable bonds is 6. The van der Waals surface area contributed by atoms with E-state index in [9.17, 15) is 20.4 Å². The van der Waals surface area contributed by atoms with Crippen LogP contribution in [0, 0.1) is 0 Å². The molecule has 0 fully saturated rings. The summed E-state index contributed by atoms with van der Waals surface area (Å²) in [6, 6.07) is 16.3. The van der Waals surface area contributed by atoms with Gasteiger partial charge < -0.3 is 20.4 Å². The Hall–Kier alpha value is -4.06. The monoisotopic (exact) mass is 410 g/mol. The number of hydrogen-bond donors (Lipinski definition) is 0. The molecule has 4 aromatic rings. The molecular weight excluding hydrogens is 392 g/mol. The van der Waals surface area contributed by atoms with Crippen molar-refractivity contribution in [2.24, 2.45) is 9.98 Å².